The third-order valence-corrected chi connectivity index (χ3v) is 7.65. The fraction of sp³-hybridized carbons (Fsp3) is 0.167. The molecule has 9 heteroatoms. The minimum absolute atomic E-state index is 0.0102. The van der Waals surface area contributed by atoms with Crippen LogP contribution in [-0.4, -0.2) is 44.8 Å². The average Bonchev–Trinajstić information content (AvgIpc) is 2.85. The first-order valence-electron chi connectivity index (χ1n) is 10.3. The fourth-order valence-corrected chi connectivity index (χ4v) is 5.33. The van der Waals surface area contributed by atoms with Crippen molar-refractivity contribution < 1.29 is 13.2 Å². The van der Waals surface area contributed by atoms with Gasteiger partial charge in [0.15, 0.2) is 0 Å². The van der Waals surface area contributed by atoms with E-state index < -0.39 is 15.9 Å². The summed E-state index contributed by atoms with van der Waals surface area (Å²) in [5.74, 6) is -0.555. The molecular weight excluding hydrogens is 460 g/mol. The summed E-state index contributed by atoms with van der Waals surface area (Å²) in [7, 11) is -3.80. The van der Waals surface area contributed by atoms with Crippen LogP contribution in [0.15, 0.2) is 77.7 Å². The zero-order chi connectivity index (χ0) is 23.4. The molecule has 3 aromatic rings. The van der Waals surface area contributed by atoms with Crippen LogP contribution in [0.4, 0.5) is 11.4 Å². The van der Waals surface area contributed by atoms with Crippen LogP contribution in [0, 0.1) is 11.3 Å². The van der Waals surface area contributed by atoms with Gasteiger partial charge < -0.3 is 10.2 Å². The normalized spacial score (nSPS) is 14.5. The summed E-state index contributed by atoms with van der Waals surface area (Å²) in [6.07, 6.45) is 0. The predicted octanol–water partition coefficient (Wildman–Crippen LogP) is 3.97. The maximum Gasteiger partial charge on any atom is 0.257 e. The highest BCUT2D eigenvalue weighted by molar-refractivity contribution is 7.89. The molecule has 4 rings (SSSR count). The minimum Gasteiger partial charge on any atom is -0.369 e. The van der Waals surface area contributed by atoms with E-state index in [9.17, 15) is 13.2 Å². The van der Waals surface area contributed by atoms with Crippen LogP contribution in [0.25, 0.3) is 0 Å². The molecule has 7 nitrogen and oxygen atoms in total. The Bertz CT molecular complexity index is 1320. The highest BCUT2D eigenvalue weighted by atomic mass is 35.5. The van der Waals surface area contributed by atoms with Gasteiger partial charge in [-0.15, -0.1) is 0 Å². The van der Waals surface area contributed by atoms with Gasteiger partial charge >= 0.3 is 0 Å². The fourth-order valence-electron chi connectivity index (χ4n) is 3.68. The maximum absolute atomic E-state index is 13.3. The van der Waals surface area contributed by atoms with Gasteiger partial charge in [-0.3, -0.25) is 4.79 Å². The van der Waals surface area contributed by atoms with Crippen molar-refractivity contribution in [1.29, 1.82) is 5.26 Å². The van der Waals surface area contributed by atoms with Gasteiger partial charge in [-0.05, 0) is 48.5 Å². The van der Waals surface area contributed by atoms with Crippen molar-refractivity contribution in [2.24, 2.45) is 0 Å². The molecule has 1 saturated heterocycles. The van der Waals surface area contributed by atoms with E-state index in [1.807, 2.05) is 36.4 Å². The van der Waals surface area contributed by atoms with Gasteiger partial charge in [0.25, 0.3) is 5.91 Å². The van der Waals surface area contributed by atoms with Crippen molar-refractivity contribution in [1.82, 2.24) is 4.31 Å². The number of carbonyl (C=O) groups is 1. The summed E-state index contributed by atoms with van der Waals surface area (Å²) >= 11 is 6.21. The number of rotatable bonds is 5. The predicted molar refractivity (Wildman–Crippen MR) is 128 cm³/mol. The van der Waals surface area contributed by atoms with Crippen LogP contribution in [0.2, 0.25) is 5.02 Å². The van der Waals surface area contributed by atoms with E-state index >= 15 is 0 Å². The van der Waals surface area contributed by atoms with Crippen molar-refractivity contribution in [3.63, 3.8) is 0 Å². The van der Waals surface area contributed by atoms with Gasteiger partial charge in [-0.25, -0.2) is 8.42 Å². The number of nitrogens with zero attached hydrogens (tertiary/aromatic N) is 3. The molecule has 0 saturated carbocycles. The molecule has 0 aliphatic carbocycles. The first-order chi connectivity index (χ1) is 15.9. The van der Waals surface area contributed by atoms with E-state index in [-0.39, 0.29) is 15.5 Å². The third-order valence-electron chi connectivity index (χ3n) is 5.43. The summed E-state index contributed by atoms with van der Waals surface area (Å²) in [5, 5.41) is 11.8. The molecule has 1 fully saturated rings. The zero-order valence-corrected chi connectivity index (χ0v) is 19.2. The quantitative estimate of drug-likeness (QED) is 0.596. The molecule has 1 aliphatic heterocycles. The smallest absolute Gasteiger partial charge is 0.257 e. The summed E-state index contributed by atoms with van der Waals surface area (Å²) in [4.78, 5) is 14.9. The molecule has 1 amide bonds. The number of benzene rings is 3. The van der Waals surface area contributed by atoms with E-state index in [1.165, 1.54) is 28.6 Å². The molecule has 1 heterocycles. The monoisotopic (exact) mass is 480 g/mol. The third kappa shape index (κ3) is 5.01. The van der Waals surface area contributed by atoms with Crippen LogP contribution >= 0.6 is 11.6 Å². The molecule has 3 aromatic carbocycles. The van der Waals surface area contributed by atoms with E-state index in [0.717, 1.165) is 5.69 Å². The van der Waals surface area contributed by atoms with E-state index in [2.05, 4.69) is 10.2 Å². The number of nitriles is 1. The number of amides is 1. The van der Waals surface area contributed by atoms with Crippen LogP contribution < -0.4 is 10.2 Å². The van der Waals surface area contributed by atoms with Gasteiger partial charge in [0.1, 0.15) is 0 Å². The lowest BCUT2D eigenvalue weighted by Crippen LogP contribution is -2.48. The number of hydrogen-bond donors (Lipinski definition) is 1. The summed E-state index contributed by atoms with van der Waals surface area (Å²) in [5.41, 5.74) is 1.91. The second kappa shape index (κ2) is 9.63. The summed E-state index contributed by atoms with van der Waals surface area (Å²) < 4.78 is 27.9. The number of para-hydroxylation sites is 1. The van der Waals surface area contributed by atoms with E-state index in [4.69, 9.17) is 16.9 Å². The summed E-state index contributed by atoms with van der Waals surface area (Å²) in [6.45, 7) is 1.81. The van der Waals surface area contributed by atoms with Crippen LogP contribution in [0.5, 0.6) is 0 Å². The Morgan fingerprint density at radius 2 is 1.67 bits per heavy atom. The number of hydrogen-bond acceptors (Lipinski definition) is 5. The number of anilines is 2. The second-order valence-electron chi connectivity index (χ2n) is 7.52. The second-order valence-corrected chi connectivity index (χ2v) is 9.86. The maximum atomic E-state index is 13.3. The molecular formula is C24H21ClN4O3S. The minimum atomic E-state index is -3.80. The van der Waals surface area contributed by atoms with Gasteiger partial charge in [-0.2, -0.15) is 9.57 Å². The van der Waals surface area contributed by atoms with Gasteiger partial charge in [0, 0.05) is 37.6 Å². The number of piperazine rings is 1. The highest BCUT2D eigenvalue weighted by Crippen LogP contribution is 2.26. The van der Waals surface area contributed by atoms with Crippen LogP contribution in [-0.2, 0) is 10.0 Å². The first kappa shape index (κ1) is 22.8. The van der Waals surface area contributed by atoms with Crippen molar-refractivity contribution in [3.05, 3.63) is 88.9 Å². The van der Waals surface area contributed by atoms with Crippen LogP contribution in [0.3, 0.4) is 0 Å². The zero-order valence-electron chi connectivity index (χ0n) is 17.6. The van der Waals surface area contributed by atoms with Crippen molar-refractivity contribution in [2.75, 3.05) is 36.4 Å². The molecule has 1 N–H and O–H groups in total. The SMILES string of the molecule is N#Cc1cccc(NC(=O)c2cc(S(=O)(=O)N3CCN(c4ccccc4)CC3)ccc2Cl)c1. The number of sulfonamides is 1. The molecule has 33 heavy (non-hydrogen) atoms. The Labute approximate surface area is 197 Å². The molecule has 0 unspecified atom stereocenters. The Morgan fingerprint density at radius 3 is 2.36 bits per heavy atom. The average molecular weight is 481 g/mol. The molecule has 168 valence electrons. The van der Waals surface area contributed by atoms with Gasteiger partial charge in [0.05, 0.1) is 27.1 Å². The van der Waals surface area contributed by atoms with Gasteiger partial charge in [0.2, 0.25) is 10.0 Å². The molecule has 0 aromatic heterocycles. The highest BCUT2D eigenvalue weighted by Gasteiger charge is 2.29. The van der Waals surface area contributed by atoms with Crippen molar-refractivity contribution >= 4 is 38.9 Å². The summed E-state index contributed by atoms with van der Waals surface area (Å²) in [6, 6.07) is 22.4. The lowest BCUT2D eigenvalue weighted by Gasteiger charge is -2.35. The van der Waals surface area contributed by atoms with E-state index in [1.54, 1.807) is 18.2 Å². The molecule has 0 radical (unpaired) electrons. The van der Waals surface area contributed by atoms with Gasteiger partial charge in [-0.1, -0.05) is 35.9 Å². The first-order valence-corrected chi connectivity index (χ1v) is 12.1. The lowest BCUT2D eigenvalue weighted by molar-refractivity contribution is 0.102. The number of halogens is 1. The molecule has 0 atom stereocenters. The number of nitrogens with one attached hydrogen (secondary N) is 1. The van der Waals surface area contributed by atoms with E-state index in [0.29, 0.717) is 37.4 Å². The van der Waals surface area contributed by atoms with Crippen molar-refractivity contribution in [3.8, 4) is 6.07 Å². The van der Waals surface area contributed by atoms with Crippen LogP contribution in [0.1, 0.15) is 15.9 Å². The number of carbonyl (C=O) groups excluding carboxylic acids is 1. The lowest BCUT2D eigenvalue weighted by atomic mass is 10.2. The topological polar surface area (TPSA) is 93.5 Å². The Balaban J connectivity index is 1.51. The Hall–Kier alpha value is -3.38. The van der Waals surface area contributed by atoms with Crippen molar-refractivity contribution in [2.45, 2.75) is 4.90 Å². The molecule has 0 spiro atoms. The largest absolute Gasteiger partial charge is 0.369 e. The molecule has 1 aliphatic rings. The Morgan fingerprint density at radius 1 is 0.939 bits per heavy atom. The standard InChI is InChI=1S/C24H21ClN4O3S/c25-23-10-9-21(16-22(23)24(30)27-19-6-4-5-18(15-19)17-26)33(31,32)29-13-11-28(12-14-29)20-7-2-1-3-8-20/h1-10,15-16H,11-14H2,(H,27,30). The molecule has 0 bridgehead atoms. The Kier molecular flexibility index (Phi) is 6.65.